The summed E-state index contributed by atoms with van der Waals surface area (Å²) in [5.74, 6) is 0.854. The van der Waals surface area contributed by atoms with Crippen LogP contribution in [0.1, 0.15) is 74.1 Å². The molecule has 0 spiro atoms. The third-order valence-electron chi connectivity index (χ3n) is 15.9. The maximum Gasteiger partial charge on any atom is 0.281 e. The standard InChI is InChI=1S/C19H24N6.2C11H7BrN4.C9H19N.2C8H9FN2O2.2C5H3Br2N/c1-13(2)11-14-12-25(10-9-20-14)17-7-3-6-16(22-17)18-15-5-4-8-21-19(15)24-23-18;2*12-9-5-1-4-8(14-9)10-7-3-2-6-13-11(7)16-15-10;1-8(2)6-9-4-3-5-10-7-9;2*1-11(13-2)8(12)6-4-3-5-10-7(6)9;2*6-4-2-1-3-5(7)8-4/h3-8,13-14,20H,9-12H2,1-2H3,(H,21,23,24);2*1-6H,(H,13,15,16);8-10H,3-7H2,1-2H3;2*3-5H,1-2H3;2*1-3H/t14-;;;9-;;;;/m0..0..../s1. The maximum absolute atomic E-state index is 12.9. The van der Waals surface area contributed by atoms with Gasteiger partial charge in [0.05, 0.1) is 59.5 Å². The molecule has 109 heavy (non-hydrogen) atoms. The third-order valence-corrected chi connectivity index (χ3v) is 18.6. The lowest BCUT2D eigenvalue weighted by Crippen LogP contribution is -2.51. The molecule has 33 heteroatoms. The molecule has 15 rings (SSSR count). The number of fused-ring (bicyclic) bond motifs is 3. The highest BCUT2D eigenvalue weighted by atomic mass is 79.9. The molecule has 0 saturated carbocycles. The first kappa shape index (κ1) is 85.8. The van der Waals surface area contributed by atoms with Gasteiger partial charge in [-0.15, -0.1) is 0 Å². The summed E-state index contributed by atoms with van der Waals surface area (Å²) in [6, 6.07) is 46.9. The van der Waals surface area contributed by atoms with Crippen LogP contribution in [0.4, 0.5) is 14.6 Å². The first-order valence-corrected chi connectivity index (χ1v) is 39.1. The quantitative estimate of drug-likeness (QED) is 0.0561. The fourth-order valence-electron chi connectivity index (χ4n) is 10.9. The van der Waals surface area contributed by atoms with Crippen LogP contribution in [-0.4, -0.2) is 169 Å². The monoisotopic (exact) mass is 1860 g/mol. The number of hydrogen-bond acceptors (Lipinski definition) is 20. The van der Waals surface area contributed by atoms with Crippen LogP contribution >= 0.6 is 95.6 Å². The first-order valence-electron chi connectivity index (χ1n) is 34.3. The molecule has 2 saturated heterocycles. The van der Waals surface area contributed by atoms with Gasteiger partial charge < -0.3 is 15.5 Å². The fraction of sp³-hybridized carbons (Fsp3) is 0.276. The van der Waals surface area contributed by atoms with Crippen LogP contribution in [0.15, 0.2) is 210 Å². The summed E-state index contributed by atoms with van der Waals surface area (Å²) in [6.45, 7) is 14.7. The van der Waals surface area contributed by atoms with E-state index in [1.807, 2.05) is 115 Å². The molecular weight excluding hydrogens is 1790 g/mol. The molecule has 0 radical (unpaired) electrons. The predicted octanol–water partition coefficient (Wildman–Crippen LogP) is 17.4. The van der Waals surface area contributed by atoms with Crippen LogP contribution in [-0.2, 0) is 9.68 Å². The largest absolute Gasteiger partial charge is 0.354 e. The predicted molar refractivity (Wildman–Crippen MR) is 441 cm³/mol. The molecule has 570 valence electrons. The zero-order chi connectivity index (χ0) is 78.2. The number of rotatable bonds is 12. The van der Waals surface area contributed by atoms with Gasteiger partial charge >= 0.3 is 0 Å². The van der Waals surface area contributed by atoms with Crippen LogP contribution in [0, 0.1) is 29.6 Å². The number of nitrogens with zero attached hydrogens (tertiary/aromatic N) is 16. The van der Waals surface area contributed by atoms with E-state index >= 15 is 0 Å². The third kappa shape index (κ3) is 27.3. The highest BCUT2D eigenvalue weighted by molar-refractivity contribution is 9.11. The van der Waals surface area contributed by atoms with Gasteiger partial charge in [0.1, 0.15) is 33.4 Å². The Morgan fingerprint density at radius 3 is 1.22 bits per heavy atom. The first-order chi connectivity index (χ1) is 52.6. The molecule has 2 atom stereocenters. The average molecular weight is 1870 g/mol. The lowest BCUT2D eigenvalue weighted by atomic mass is 9.91. The van der Waals surface area contributed by atoms with E-state index in [1.54, 1.807) is 18.6 Å². The van der Waals surface area contributed by atoms with Crippen LogP contribution < -0.4 is 15.5 Å². The second kappa shape index (κ2) is 44.8. The van der Waals surface area contributed by atoms with Crippen LogP contribution in [0.25, 0.3) is 67.3 Å². The molecule has 0 bridgehead atoms. The number of carbonyl (C=O) groups is 2. The molecule has 15 heterocycles. The molecule has 13 aromatic heterocycles. The van der Waals surface area contributed by atoms with E-state index in [2.05, 4.69) is 236 Å². The van der Waals surface area contributed by atoms with Crippen molar-refractivity contribution in [1.82, 2.24) is 101 Å². The van der Waals surface area contributed by atoms with Crippen LogP contribution in [0.3, 0.4) is 0 Å². The fourth-order valence-corrected chi connectivity index (χ4v) is 13.4. The molecule has 5 N–H and O–H groups in total. The average Bonchev–Trinajstić information content (AvgIpc) is 1.69. The summed E-state index contributed by atoms with van der Waals surface area (Å²) >= 11 is 19.6. The minimum atomic E-state index is -0.795. The Labute approximate surface area is 680 Å². The SMILES string of the molecule is Brc1cccc(-c2[nH]nc3ncccc23)n1.Brc1cccc(-c2[nH]nc3ncccc23)n1.Brc1cccc(Br)n1.Brc1cccc(Br)n1.CC(C)C[C@@H]1CCCNC1.CC(C)C[C@H]1CN(c2cccc(-c3[nH]nc4ncccc34)n2)CCN1.CON(C)C(=O)c1cccnc1F.CON(C)C(=O)c1cccnc1F. The molecule has 2 aliphatic rings. The molecule has 2 amide bonds. The molecule has 25 nitrogen and oxygen atoms in total. The lowest BCUT2D eigenvalue weighted by molar-refractivity contribution is -0.0760. The van der Waals surface area contributed by atoms with Crippen LogP contribution in [0.2, 0.25) is 0 Å². The van der Waals surface area contributed by atoms with Crippen molar-refractivity contribution in [3.05, 3.63) is 233 Å². The number of hydroxylamine groups is 4. The second-order valence-corrected chi connectivity index (χ2v) is 29.7. The van der Waals surface area contributed by atoms with Crippen molar-refractivity contribution >= 4 is 146 Å². The number of nitrogens with one attached hydrogen (secondary N) is 5. The van der Waals surface area contributed by atoms with Crippen LogP contribution in [0.5, 0.6) is 0 Å². The molecule has 13 aromatic rings. The number of pyridine rings is 10. The van der Waals surface area contributed by atoms with Gasteiger partial charge in [-0.25, -0.2) is 60.0 Å². The number of anilines is 1. The van der Waals surface area contributed by atoms with E-state index < -0.39 is 23.7 Å². The number of amides is 2. The van der Waals surface area contributed by atoms with Crippen molar-refractivity contribution in [2.75, 3.05) is 65.9 Å². The van der Waals surface area contributed by atoms with Gasteiger partial charge in [0.2, 0.25) is 11.9 Å². The number of hydrogen-bond donors (Lipinski definition) is 5. The van der Waals surface area contributed by atoms with E-state index in [1.165, 1.54) is 104 Å². The summed E-state index contributed by atoms with van der Waals surface area (Å²) in [5.41, 5.74) is 7.26. The highest BCUT2D eigenvalue weighted by Gasteiger charge is 2.23. The lowest BCUT2D eigenvalue weighted by Gasteiger charge is -2.35. The van der Waals surface area contributed by atoms with Crippen molar-refractivity contribution < 1.29 is 28.0 Å². The Kier molecular flexibility index (Phi) is 35.3. The summed E-state index contributed by atoms with van der Waals surface area (Å²) in [4.78, 5) is 75.2. The number of piperazine rings is 1. The van der Waals surface area contributed by atoms with Gasteiger partial charge in [0.15, 0.2) is 16.9 Å². The normalized spacial score (nSPS) is 13.5. The molecule has 0 aliphatic carbocycles. The number of carbonyl (C=O) groups excluding carboxylic acids is 2. The molecule has 2 aliphatic heterocycles. The highest BCUT2D eigenvalue weighted by Crippen LogP contribution is 2.29. The summed E-state index contributed by atoms with van der Waals surface area (Å²) in [6.07, 6.45) is 13.2. The van der Waals surface area contributed by atoms with Gasteiger partial charge in [-0.1, -0.05) is 58.0 Å². The Bertz CT molecular complexity index is 4720. The zero-order valence-corrected chi connectivity index (χ0v) is 70.3. The summed E-state index contributed by atoms with van der Waals surface area (Å²) in [7, 11) is 5.45. The number of aromatic amines is 3. The van der Waals surface area contributed by atoms with Crippen molar-refractivity contribution in [1.29, 1.82) is 0 Å². The van der Waals surface area contributed by atoms with E-state index in [4.69, 9.17) is 4.98 Å². The van der Waals surface area contributed by atoms with Gasteiger partial charge in [0, 0.05) is 86.9 Å². The van der Waals surface area contributed by atoms with Gasteiger partial charge in [-0.2, -0.15) is 24.1 Å². The summed E-state index contributed by atoms with van der Waals surface area (Å²) in [5, 5.41) is 33.4. The van der Waals surface area contributed by atoms with E-state index in [9.17, 15) is 18.4 Å². The number of aromatic nitrogens is 16. The number of piperidine rings is 1. The minimum absolute atomic E-state index is 0.105. The molecule has 0 unspecified atom stereocenters. The van der Waals surface area contributed by atoms with Crippen molar-refractivity contribution in [2.45, 2.75) is 59.4 Å². The Hall–Kier alpha value is -8.77. The molecular formula is C76H81Br6F2N21O4. The number of H-pyrrole nitrogens is 3. The Morgan fingerprint density at radius 1 is 0.486 bits per heavy atom. The number of halogens is 8. The molecule has 2 fully saturated rings. The van der Waals surface area contributed by atoms with Crippen molar-refractivity contribution in [3.8, 4) is 34.2 Å². The van der Waals surface area contributed by atoms with Gasteiger partial charge in [0.25, 0.3) is 11.8 Å². The summed E-state index contributed by atoms with van der Waals surface area (Å²) < 4.78 is 30.9. The van der Waals surface area contributed by atoms with E-state index in [-0.39, 0.29) is 11.1 Å². The zero-order valence-electron chi connectivity index (χ0n) is 60.8. The van der Waals surface area contributed by atoms with Gasteiger partial charge in [-0.3, -0.25) is 34.6 Å². The molecule has 0 aromatic carbocycles. The van der Waals surface area contributed by atoms with Crippen molar-refractivity contribution in [3.63, 3.8) is 0 Å². The topological polar surface area (TPSA) is 301 Å². The Morgan fingerprint density at radius 2 is 0.862 bits per heavy atom. The van der Waals surface area contributed by atoms with Gasteiger partial charge in [-0.05, 0) is 273 Å². The maximum atomic E-state index is 12.9. The van der Waals surface area contributed by atoms with E-state index in [0.717, 1.165) is 131 Å². The van der Waals surface area contributed by atoms with E-state index in [0.29, 0.717) is 23.3 Å². The Balaban J connectivity index is 0.000000161. The van der Waals surface area contributed by atoms with Crippen molar-refractivity contribution in [2.24, 2.45) is 17.8 Å². The minimum Gasteiger partial charge on any atom is -0.354 e. The second-order valence-electron chi connectivity index (χ2n) is 24.8. The smallest absolute Gasteiger partial charge is 0.281 e.